The van der Waals surface area contributed by atoms with Crippen LogP contribution in [0.5, 0.6) is 0 Å². The van der Waals surface area contributed by atoms with E-state index in [-0.39, 0.29) is 6.04 Å². The van der Waals surface area contributed by atoms with Gasteiger partial charge in [0.2, 0.25) is 7.85 Å². The molecule has 0 heterocycles. The molecular weight excluding hydrogens is 299 g/mol. The van der Waals surface area contributed by atoms with Crippen LogP contribution in [0.4, 0.5) is 4.79 Å². The number of amides is 1. The quantitative estimate of drug-likeness (QED) is 0.649. The Morgan fingerprint density at radius 3 is 2.00 bits per heavy atom. The Morgan fingerprint density at radius 2 is 1.50 bits per heavy atom. The van der Waals surface area contributed by atoms with Crippen molar-refractivity contribution in [2.24, 2.45) is 5.73 Å². The Balaban J connectivity index is 1.95. The van der Waals surface area contributed by atoms with Crippen LogP contribution in [-0.2, 0) is 12.8 Å². The van der Waals surface area contributed by atoms with Crippen molar-refractivity contribution in [1.82, 2.24) is 5.32 Å². The summed E-state index contributed by atoms with van der Waals surface area (Å²) in [6, 6.07) is 18.9. The molecule has 5 heteroatoms. The maximum atomic E-state index is 11.2. The summed E-state index contributed by atoms with van der Waals surface area (Å²) < 4.78 is 0. The first kappa shape index (κ1) is 18.2. The lowest BCUT2D eigenvalue weighted by atomic mass is 9.93. The molecule has 0 saturated carbocycles. The monoisotopic (exact) mass is 322 g/mol. The first-order chi connectivity index (χ1) is 11.5. The molecule has 2 rings (SSSR count). The molecule has 4 N–H and O–H groups in total. The van der Waals surface area contributed by atoms with E-state index in [1.54, 1.807) is 0 Å². The zero-order valence-electron chi connectivity index (χ0n) is 13.6. The van der Waals surface area contributed by atoms with Gasteiger partial charge in [-0.1, -0.05) is 60.7 Å². The predicted molar refractivity (Wildman–Crippen MR) is 97.0 cm³/mol. The van der Waals surface area contributed by atoms with E-state index in [0.717, 1.165) is 11.1 Å². The fourth-order valence-corrected chi connectivity index (χ4v) is 2.78. The van der Waals surface area contributed by atoms with Crippen LogP contribution in [0.15, 0.2) is 60.7 Å². The average molecular weight is 322 g/mol. The van der Waals surface area contributed by atoms with Gasteiger partial charge < -0.3 is 16.2 Å². The minimum atomic E-state index is -0.731. The molecule has 124 valence electrons. The van der Waals surface area contributed by atoms with Gasteiger partial charge in [0.15, 0.2) is 5.81 Å². The number of aliphatic hydroxyl groups excluding tert-OH is 1. The molecule has 2 aromatic rings. The van der Waals surface area contributed by atoms with Crippen LogP contribution >= 0.6 is 0 Å². The number of nitrogens with two attached hydrogens (primary N) is 1. The van der Waals surface area contributed by atoms with Crippen LogP contribution < -0.4 is 11.1 Å². The summed E-state index contributed by atoms with van der Waals surface area (Å²) in [5.41, 5.74) is 8.27. The van der Waals surface area contributed by atoms with Crippen molar-refractivity contribution in [2.75, 3.05) is 0 Å². The number of hydrogen-bond donors (Lipinski definition) is 3. The molecule has 3 atom stereocenters. The van der Waals surface area contributed by atoms with Gasteiger partial charge >= 0.3 is 0 Å². The molecule has 0 spiro atoms. The molecule has 0 saturated heterocycles. The van der Waals surface area contributed by atoms with Gasteiger partial charge in [-0.05, 0) is 30.4 Å². The number of hydrogen-bond acceptors (Lipinski definition) is 3. The molecule has 0 aliphatic rings. The van der Waals surface area contributed by atoms with Crippen LogP contribution in [0.2, 0.25) is 0 Å². The number of nitrogens with one attached hydrogen (secondary N) is 1. The van der Waals surface area contributed by atoms with Crippen LogP contribution in [0, 0.1) is 0 Å². The normalized spacial score (nSPS) is 14.6. The lowest BCUT2D eigenvalue weighted by molar-refractivity contribution is 0.122. The van der Waals surface area contributed by atoms with E-state index in [9.17, 15) is 9.90 Å². The first-order valence-corrected chi connectivity index (χ1v) is 8.12. The smallest absolute Gasteiger partial charge is 0.200 e. The van der Waals surface area contributed by atoms with Gasteiger partial charge in [-0.2, -0.15) is 0 Å². The zero-order chi connectivity index (χ0) is 17.4. The summed E-state index contributed by atoms with van der Waals surface area (Å²) >= 11 is 0. The SMILES string of the molecule is [B]C(=O)N[C@@H](Cc1ccccc1)C[C@H](O)[C@@H](N)Cc1ccccc1. The van der Waals surface area contributed by atoms with E-state index in [4.69, 9.17) is 13.6 Å². The second-order valence-corrected chi connectivity index (χ2v) is 6.05. The molecular formula is C19H23BN2O2. The molecule has 0 fully saturated rings. The highest BCUT2D eigenvalue weighted by Gasteiger charge is 2.21. The molecule has 24 heavy (non-hydrogen) atoms. The van der Waals surface area contributed by atoms with Gasteiger partial charge in [-0.25, -0.2) is 0 Å². The van der Waals surface area contributed by atoms with Crippen LogP contribution in [0.25, 0.3) is 0 Å². The highest BCUT2D eigenvalue weighted by Crippen LogP contribution is 2.12. The predicted octanol–water partition coefficient (Wildman–Crippen LogP) is 1.80. The van der Waals surface area contributed by atoms with Crippen molar-refractivity contribution in [3.63, 3.8) is 0 Å². The Kier molecular flexibility index (Phi) is 7.03. The summed E-state index contributed by atoms with van der Waals surface area (Å²) in [5, 5.41) is 13.1. The summed E-state index contributed by atoms with van der Waals surface area (Å²) in [6.07, 6.45) is 0.798. The summed E-state index contributed by atoms with van der Waals surface area (Å²) in [5.74, 6) is -0.597. The maximum absolute atomic E-state index is 11.2. The van der Waals surface area contributed by atoms with Crippen molar-refractivity contribution < 1.29 is 9.90 Å². The number of carbonyl (C=O) groups excluding carboxylic acids is 1. The lowest BCUT2D eigenvalue weighted by Gasteiger charge is -2.25. The second-order valence-electron chi connectivity index (χ2n) is 6.05. The summed E-state index contributed by atoms with van der Waals surface area (Å²) in [6.45, 7) is 0. The number of carbonyl (C=O) groups is 1. The molecule has 4 nitrogen and oxygen atoms in total. The van der Waals surface area contributed by atoms with Gasteiger partial charge in [0.1, 0.15) is 0 Å². The molecule has 1 amide bonds. The van der Waals surface area contributed by atoms with E-state index < -0.39 is 18.0 Å². The molecule has 0 aliphatic carbocycles. The molecule has 0 bridgehead atoms. The second kappa shape index (κ2) is 9.25. The van der Waals surface area contributed by atoms with Crippen molar-refractivity contribution in [3.8, 4) is 0 Å². The van der Waals surface area contributed by atoms with Crippen LogP contribution in [-0.4, -0.2) is 36.9 Å². The third-order valence-corrected chi connectivity index (χ3v) is 4.01. The minimum absolute atomic E-state index is 0.262. The fraction of sp³-hybridized carbons (Fsp3) is 0.316. The van der Waals surface area contributed by atoms with Crippen LogP contribution in [0.3, 0.4) is 0 Å². The Bertz CT molecular complexity index is 622. The summed E-state index contributed by atoms with van der Waals surface area (Å²) in [4.78, 5) is 11.2. The van der Waals surface area contributed by atoms with Crippen molar-refractivity contribution in [3.05, 3.63) is 71.8 Å². The number of benzene rings is 2. The lowest BCUT2D eigenvalue weighted by Crippen LogP contribution is -2.44. The molecule has 0 unspecified atom stereocenters. The average Bonchev–Trinajstić information content (AvgIpc) is 2.56. The highest BCUT2D eigenvalue weighted by atomic mass is 16.3. The number of rotatable bonds is 8. The highest BCUT2D eigenvalue weighted by molar-refractivity contribution is 6.57. The van der Waals surface area contributed by atoms with E-state index in [2.05, 4.69) is 5.32 Å². The van der Waals surface area contributed by atoms with Crippen molar-refractivity contribution in [2.45, 2.75) is 37.5 Å². The molecule has 0 aromatic heterocycles. The third kappa shape index (κ3) is 6.18. The zero-order valence-corrected chi connectivity index (χ0v) is 13.6. The molecule has 2 aromatic carbocycles. The van der Waals surface area contributed by atoms with Gasteiger partial charge in [0.05, 0.1) is 6.10 Å². The largest absolute Gasteiger partial charge is 0.391 e. The van der Waals surface area contributed by atoms with Gasteiger partial charge in [0, 0.05) is 12.1 Å². The maximum Gasteiger partial charge on any atom is 0.200 e. The van der Waals surface area contributed by atoms with Crippen molar-refractivity contribution >= 4 is 13.7 Å². The van der Waals surface area contributed by atoms with E-state index in [1.807, 2.05) is 60.7 Å². The third-order valence-electron chi connectivity index (χ3n) is 4.01. The van der Waals surface area contributed by atoms with Gasteiger partial charge in [-0.3, -0.25) is 4.79 Å². The number of aliphatic hydroxyl groups is 1. The fourth-order valence-electron chi connectivity index (χ4n) is 2.78. The standard InChI is InChI=1S/C19H23BN2O2/c20-19(24)22-16(11-14-7-3-1-4-8-14)13-18(23)17(21)12-15-9-5-2-6-10-15/h1-10,16-18,23H,11-13,21H2,(H,22,24)/t16-,17-,18-/m0/s1. The minimum Gasteiger partial charge on any atom is -0.391 e. The molecule has 2 radical (unpaired) electrons. The molecule has 0 aliphatic heterocycles. The Labute approximate surface area is 144 Å². The Hall–Kier alpha value is -2.11. The van der Waals surface area contributed by atoms with Gasteiger partial charge in [0.25, 0.3) is 0 Å². The Morgan fingerprint density at radius 1 is 1.00 bits per heavy atom. The van der Waals surface area contributed by atoms with E-state index in [1.165, 1.54) is 0 Å². The van der Waals surface area contributed by atoms with E-state index >= 15 is 0 Å². The van der Waals surface area contributed by atoms with Gasteiger partial charge in [-0.15, -0.1) is 0 Å². The van der Waals surface area contributed by atoms with Crippen LogP contribution in [0.1, 0.15) is 17.5 Å². The van der Waals surface area contributed by atoms with E-state index in [0.29, 0.717) is 19.3 Å². The van der Waals surface area contributed by atoms with Crippen molar-refractivity contribution in [1.29, 1.82) is 0 Å². The topological polar surface area (TPSA) is 75.3 Å². The first-order valence-electron chi connectivity index (χ1n) is 8.12. The summed E-state index contributed by atoms with van der Waals surface area (Å²) in [7, 11) is 5.26.